The Kier molecular flexibility index (Phi) is 4.93. The smallest absolute Gasteiger partial charge is 0.0468 e. The molecule has 0 spiro atoms. The van der Waals surface area contributed by atoms with Crippen LogP contribution in [0.5, 0.6) is 0 Å². The fraction of sp³-hybridized carbons (Fsp3) is 0.152. The summed E-state index contributed by atoms with van der Waals surface area (Å²) in [4.78, 5) is 2.34. The highest BCUT2D eigenvalue weighted by Crippen LogP contribution is 2.50. The number of nitrogens with two attached hydrogens (primary N) is 1. The fourth-order valence-corrected chi connectivity index (χ4v) is 5.54. The molecule has 0 heterocycles. The second kappa shape index (κ2) is 8.02. The lowest BCUT2D eigenvalue weighted by Gasteiger charge is -2.28. The molecule has 5 aromatic carbocycles. The molecule has 0 aliphatic heterocycles. The summed E-state index contributed by atoms with van der Waals surface area (Å²) < 4.78 is 0. The Labute approximate surface area is 207 Å². The van der Waals surface area contributed by atoms with E-state index >= 15 is 0 Å². The highest BCUT2D eigenvalue weighted by atomic mass is 15.1. The summed E-state index contributed by atoms with van der Waals surface area (Å²) in [6.45, 7) is 6.86. The Morgan fingerprint density at radius 1 is 0.629 bits per heavy atom. The number of anilines is 4. The number of hydrogen-bond donors (Lipinski definition) is 1. The van der Waals surface area contributed by atoms with Crippen molar-refractivity contribution in [3.63, 3.8) is 0 Å². The van der Waals surface area contributed by atoms with E-state index in [9.17, 15) is 0 Å². The largest absolute Gasteiger partial charge is 0.399 e. The monoisotopic (exact) mass is 454 g/mol. The summed E-state index contributed by atoms with van der Waals surface area (Å²) >= 11 is 0. The number of aryl methyl sites for hydroxylation is 1. The van der Waals surface area contributed by atoms with Gasteiger partial charge >= 0.3 is 0 Å². The molecule has 0 amide bonds. The molecule has 0 aromatic heterocycles. The minimum Gasteiger partial charge on any atom is -0.399 e. The van der Waals surface area contributed by atoms with Gasteiger partial charge in [-0.15, -0.1) is 0 Å². The summed E-state index contributed by atoms with van der Waals surface area (Å²) in [5.74, 6) is 0. The number of nitrogen functional groups attached to an aromatic ring is 1. The average Bonchev–Trinajstić information content (AvgIpc) is 3.11. The van der Waals surface area contributed by atoms with Crippen LogP contribution >= 0.6 is 0 Å². The van der Waals surface area contributed by atoms with Gasteiger partial charge in [0.1, 0.15) is 0 Å². The summed E-state index contributed by atoms with van der Waals surface area (Å²) in [5, 5.41) is 2.52. The van der Waals surface area contributed by atoms with Crippen LogP contribution in [0.4, 0.5) is 22.7 Å². The van der Waals surface area contributed by atoms with Crippen molar-refractivity contribution in [3.8, 4) is 11.1 Å². The molecule has 1 aliphatic carbocycles. The van der Waals surface area contributed by atoms with Gasteiger partial charge in [-0.05, 0) is 93.5 Å². The Bertz CT molecular complexity index is 1560. The van der Waals surface area contributed by atoms with Crippen molar-refractivity contribution in [2.75, 3.05) is 10.6 Å². The van der Waals surface area contributed by atoms with Gasteiger partial charge in [0.2, 0.25) is 0 Å². The zero-order valence-electron chi connectivity index (χ0n) is 20.5. The van der Waals surface area contributed by atoms with Gasteiger partial charge in [-0.25, -0.2) is 0 Å². The minimum atomic E-state index is -0.0470. The van der Waals surface area contributed by atoms with Crippen LogP contribution in [0.1, 0.15) is 37.5 Å². The molecule has 2 N–H and O–H groups in total. The molecule has 2 nitrogen and oxygen atoms in total. The van der Waals surface area contributed by atoms with Crippen molar-refractivity contribution < 1.29 is 0 Å². The first-order chi connectivity index (χ1) is 17.0. The topological polar surface area (TPSA) is 29.3 Å². The molecule has 0 fully saturated rings. The van der Waals surface area contributed by atoms with Gasteiger partial charge in [0.25, 0.3) is 0 Å². The van der Waals surface area contributed by atoms with Crippen LogP contribution in [0.15, 0.2) is 103 Å². The van der Waals surface area contributed by atoms with Gasteiger partial charge < -0.3 is 10.6 Å². The van der Waals surface area contributed by atoms with Crippen LogP contribution in [0, 0.1) is 0 Å². The van der Waals surface area contributed by atoms with E-state index in [0.29, 0.717) is 0 Å². The van der Waals surface area contributed by atoms with E-state index in [0.717, 1.165) is 29.2 Å². The molecule has 2 heteroatoms. The summed E-state index contributed by atoms with van der Waals surface area (Å²) in [6, 6.07) is 37.4. The maximum Gasteiger partial charge on any atom is 0.0468 e. The van der Waals surface area contributed by atoms with E-state index in [4.69, 9.17) is 5.73 Å². The molecule has 35 heavy (non-hydrogen) atoms. The van der Waals surface area contributed by atoms with Crippen LogP contribution in [-0.4, -0.2) is 0 Å². The van der Waals surface area contributed by atoms with Gasteiger partial charge in [0.15, 0.2) is 0 Å². The molecule has 0 saturated carbocycles. The summed E-state index contributed by atoms with van der Waals surface area (Å²) in [5.41, 5.74) is 16.9. The predicted octanol–water partition coefficient (Wildman–Crippen LogP) is 8.76. The molecular formula is C33H30N2. The second-order valence-electron chi connectivity index (χ2n) is 10.0. The van der Waals surface area contributed by atoms with Gasteiger partial charge in [-0.2, -0.15) is 0 Å². The first-order valence-corrected chi connectivity index (χ1v) is 12.4. The van der Waals surface area contributed by atoms with E-state index < -0.39 is 0 Å². The van der Waals surface area contributed by atoms with Gasteiger partial charge in [-0.3, -0.25) is 0 Å². The van der Waals surface area contributed by atoms with Crippen LogP contribution in [0.2, 0.25) is 0 Å². The Hall–Kier alpha value is -4.04. The standard InChI is InChI=1S/C33H30N2/c1-4-22-9-10-24-20-27(14-11-23(24)19-22)35(26-15-12-25(34)13-16-26)28-17-18-30-29-7-5-6-8-31(29)33(2,3)32(30)21-28/h5-21H,4,34H2,1-3H3. The lowest BCUT2D eigenvalue weighted by molar-refractivity contribution is 0.660. The molecule has 172 valence electrons. The molecular weight excluding hydrogens is 424 g/mol. The van der Waals surface area contributed by atoms with Crippen LogP contribution < -0.4 is 10.6 Å². The maximum absolute atomic E-state index is 6.05. The number of fused-ring (bicyclic) bond motifs is 4. The zero-order valence-corrected chi connectivity index (χ0v) is 20.5. The van der Waals surface area contributed by atoms with E-state index in [2.05, 4.69) is 117 Å². The molecule has 6 rings (SSSR count). The molecule has 0 bridgehead atoms. The van der Waals surface area contributed by atoms with E-state index in [1.807, 2.05) is 12.1 Å². The van der Waals surface area contributed by atoms with E-state index in [1.54, 1.807) is 0 Å². The van der Waals surface area contributed by atoms with Gasteiger partial charge in [-0.1, -0.05) is 75.4 Å². The Balaban J connectivity index is 1.53. The first-order valence-electron chi connectivity index (χ1n) is 12.4. The Morgan fingerprint density at radius 2 is 1.26 bits per heavy atom. The van der Waals surface area contributed by atoms with Crippen molar-refractivity contribution in [1.29, 1.82) is 0 Å². The number of nitrogens with zero attached hydrogens (tertiary/aromatic N) is 1. The van der Waals surface area contributed by atoms with Crippen LogP contribution in [0.3, 0.4) is 0 Å². The van der Waals surface area contributed by atoms with Crippen molar-refractivity contribution in [2.24, 2.45) is 0 Å². The third kappa shape index (κ3) is 3.49. The van der Waals surface area contributed by atoms with Crippen LogP contribution in [-0.2, 0) is 11.8 Å². The van der Waals surface area contributed by atoms with Crippen molar-refractivity contribution in [3.05, 3.63) is 120 Å². The number of rotatable bonds is 4. The van der Waals surface area contributed by atoms with Crippen LogP contribution in [0.25, 0.3) is 21.9 Å². The van der Waals surface area contributed by atoms with E-state index in [-0.39, 0.29) is 5.41 Å². The first kappa shape index (κ1) is 21.5. The minimum absolute atomic E-state index is 0.0470. The van der Waals surface area contributed by atoms with Crippen molar-refractivity contribution in [1.82, 2.24) is 0 Å². The van der Waals surface area contributed by atoms with E-state index in [1.165, 1.54) is 38.6 Å². The third-order valence-electron chi connectivity index (χ3n) is 7.53. The number of hydrogen-bond acceptors (Lipinski definition) is 2. The molecule has 1 aliphatic rings. The predicted molar refractivity (Wildman–Crippen MR) is 150 cm³/mol. The second-order valence-corrected chi connectivity index (χ2v) is 10.0. The molecule has 5 aromatic rings. The fourth-order valence-electron chi connectivity index (χ4n) is 5.54. The lowest BCUT2D eigenvalue weighted by atomic mass is 9.82. The van der Waals surface area contributed by atoms with Gasteiger partial charge in [0.05, 0.1) is 0 Å². The highest BCUT2D eigenvalue weighted by molar-refractivity contribution is 5.91. The molecule has 0 saturated heterocycles. The molecule has 0 radical (unpaired) electrons. The normalized spacial score (nSPS) is 13.5. The summed E-state index contributed by atoms with van der Waals surface area (Å²) in [7, 11) is 0. The Morgan fingerprint density at radius 3 is 2.06 bits per heavy atom. The highest BCUT2D eigenvalue weighted by Gasteiger charge is 2.35. The molecule has 0 unspecified atom stereocenters. The average molecular weight is 455 g/mol. The summed E-state index contributed by atoms with van der Waals surface area (Å²) in [6.07, 6.45) is 1.04. The number of benzene rings is 5. The molecule has 0 atom stereocenters. The SMILES string of the molecule is CCc1ccc2cc(N(c3ccc(N)cc3)c3ccc4c(c3)C(C)(C)c3ccccc3-4)ccc2c1. The van der Waals surface area contributed by atoms with Crippen molar-refractivity contribution in [2.45, 2.75) is 32.6 Å². The van der Waals surface area contributed by atoms with Crippen molar-refractivity contribution >= 4 is 33.5 Å². The maximum atomic E-state index is 6.05. The quantitative estimate of drug-likeness (QED) is 0.275. The lowest BCUT2D eigenvalue weighted by Crippen LogP contribution is -2.16. The zero-order chi connectivity index (χ0) is 24.2. The van der Waals surface area contributed by atoms with Gasteiger partial charge in [0, 0.05) is 28.2 Å². The third-order valence-corrected chi connectivity index (χ3v) is 7.53.